The predicted molar refractivity (Wildman–Crippen MR) is 146 cm³/mol. The van der Waals surface area contributed by atoms with E-state index in [-0.39, 0.29) is 22.4 Å². The second-order valence-corrected chi connectivity index (χ2v) is 10.7. The van der Waals surface area contributed by atoms with Crippen LogP contribution in [0.2, 0.25) is 0 Å². The van der Waals surface area contributed by atoms with Gasteiger partial charge in [-0.3, -0.25) is 9.52 Å². The topological polar surface area (TPSA) is 104 Å². The van der Waals surface area contributed by atoms with Crippen LogP contribution in [0.1, 0.15) is 28.4 Å². The van der Waals surface area contributed by atoms with Gasteiger partial charge in [0.1, 0.15) is 0 Å². The maximum absolute atomic E-state index is 13.3. The first-order valence-corrected chi connectivity index (χ1v) is 13.7. The van der Waals surface area contributed by atoms with Gasteiger partial charge in [0.15, 0.2) is 4.90 Å². The molecular formula is C27H33N5O4S. The summed E-state index contributed by atoms with van der Waals surface area (Å²) in [6, 6.07) is 14.3. The number of nitrogens with zero attached hydrogens (tertiary/aromatic N) is 3. The SMILES string of the molecule is CCN1CCN(c2ccc(C(=O)Nc3cnc(OC)c(S(=O)(=O)Nc4c(C)cccc4C)c3)cc2)CC1. The number of benzene rings is 2. The molecule has 0 aliphatic carbocycles. The van der Waals surface area contributed by atoms with Gasteiger partial charge >= 0.3 is 0 Å². The number of anilines is 3. The van der Waals surface area contributed by atoms with Crippen molar-refractivity contribution in [2.75, 3.05) is 54.8 Å². The number of hydrogen-bond acceptors (Lipinski definition) is 7. The number of rotatable bonds is 8. The molecule has 9 nitrogen and oxygen atoms in total. The van der Waals surface area contributed by atoms with Gasteiger partial charge in [-0.25, -0.2) is 13.4 Å². The van der Waals surface area contributed by atoms with Crippen molar-refractivity contribution < 1.29 is 17.9 Å². The summed E-state index contributed by atoms with van der Waals surface area (Å²) in [5.41, 5.74) is 3.85. The van der Waals surface area contributed by atoms with Gasteiger partial charge in [-0.15, -0.1) is 0 Å². The number of nitrogens with one attached hydrogen (secondary N) is 2. The van der Waals surface area contributed by atoms with E-state index in [2.05, 4.69) is 31.7 Å². The van der Waals surface area contributed by atoms with Crippen LogP contribution >= 0.6 is 0 Å². The maximum Gasteiger partial charge on any atom is 0.267 e. The van der Waals surface area contributed by atoms with Gasteiger partial charge in [0, 0.05) is 37.4 Å². The van der Waals surface area contributed by atoms with Crippen molar-refractivity contribution in [2.24, 2.45) is 0 Å². The molecule has 0 unspecified atom stereocenters. The van der Waals surface area contributed by atoms with Gasteiger partial charge in [-0.1, -0.05) is 25.1 Å². The van der Waals surface area contributed by atoms with Gasteiger partial charge in [0.05, 0.1) is 24.7 Å². The lowest BCUT2D eigenvalue weighted by Crippen LogP contribution is -2.46. The lowest BCUT2D eigenvalue weighted by atomic mass is 10.1. The largest absolute Gasteiger partial charge is 0.480 e. The molecule has 10 heteroatoms. The molecule has 2 heterocycles. The van der Waals surface area contributed by atoms with Gasteiger partial charge in [0.25, 0.3) is 15.9 Å². The first-order chi connectivity index (χ1) is 17.7. The Kier molecular flexibility index (Phi) is 7.99. The molecule has 1 aromatic heterocycles. The summed E-state index contributed by atoms with van der Waals surface area (Å²) in [6.45, 7) is 10.8. The highest BCUT2D eigenvalue weighted by atomic mass is 32.2. The minimum absolute atomic E-state index is 0.0655. The number of aromatic nitrogens is 1. The number of ether oxygens (including phenoxy) is 1. The molecule has 1 aliphatic heterocycles. The average molecular weight is 524 g/mol. The summed E-state index contributed by atoms with van der Waals surface area (Å²) < 4.78 is 34.4. The van der Waals surface area contributed by atoms with E-state index in [9.17, 15) is 13.2 Å². The number of carbonyl (C=O) groups excluding carboxylic acids is 1. The Morgan fingerprint density at radius 3 is 2.27 bits per heavy atom. The number of aryl methyl sites for hydroxylation is 2. The van der Waals surface area contributed by atoms with E-state index in [0.29, 0.717) is 11.3 Å². The van der Waals surface area contributed by atoms with Crippen LogP contribution in [0.4, 0.5) is 17.1 Å². The molecule has 1 amide bonds. The number of sulfonamides is 1. The zero-order valence-electron chi connectivity index (χ0n) is 21.6. The van der Waals surface area contributed by atoms with E-state index in [1.165, 1.54) is 19.4 Å². The predicted octanol–water partition coefficient (Wildman–Crippen LogP) is 3.90. The molecule has 0 saturated carbocycles. The Balaban J connectivity index is 1.51. The smallest absolute Gasteiger partial charge is 0.267 e. The molecule has 37 heavy (non-hydrogen) atoms. The van der Waals surface area contributed by atoms with Crippen molar-refractivity contribution in [3.8, 4) is 5.88 Å². The Bertz CT molecular complexity index is 1350. The van der Waals surface area contributed by atoms with E-state index in [4.69, 9.17) is 4.74 Å². The summed E-state index contributed by atoms with van der Waals surface area (Å²) in [6.07, 6.45) is 1.37. The Hall–Kier alpha value is -3.63. The van der Waals surface area contributed by atoms with E-state index in [1.54, 1.807) is 12.1 Å². The number of pyridine rings is 1. The van der Waals surface area contributed by atoms with E-state index >= 15 is 0 Å². The summed E-state index contributed by atoms with van der Waals surface area (Å²) >= 11 is 0. The maximum atomic E-state index is 13.3. The van der Waals surface area contributed by atoms with Crippen LogP contribution in [-0.4, -0.2) is 64.0 Å². The Morgan fingerprint density at radius 1 is 1.03 bits per heavy atom. The van der Waals surface area contributed by atoms with Crippen LogP contribution in [0, 0.1) is 13.8 Å². The van der Waals surface area contributed by atoms with Crippen molar-refractivity contribution in [3.63, 3.8) is 0 Å². The van der Waals surface area contributed by atoms with Crippen molar-refractivity contribution >= 4 is 33.0 Å². The molecule has 0 atom stereocenters. The zero-order chi connectivity index (χ0) is 26.6. The highest BCUT2D eigenvalue weighted by molar-refractivity contribution is 7.92. The van der Waals surface area contributed by atoms with Crippen LogP contribution in [0.25, 0.3) is 0 Å². The summed E-state index contributed by atoms with van der Waals surface area (Å²) in [5.74, 6) is -0.426. The lowest BCUT2D eigenvalue weighted by Gasteiger charge is -2.35. The van der Waals surface area contributed by atoms with Gasteiger partial charge < -0.3 is 19.9 Å². The number of likely N-dealkylation sites (N-methyl/N-ethyl adjacent to an activating group) is 1. The molecule has 1 fully saturated rings. The van der Waals surface area contributed by atoms with E-state index < -0.39 is 10.0 Å². The molecule has 4 rings (SSSR count). The van der Waals surface area contributed by atoms with Crippen LogP contribution in [0.15, 0.2) is 59.6 Å². The second kappa shape index (κ2) is 11.2. The molecule has 3 aromatic rings. The van der Waals surface area contributed by atoms with Crippen molar-refractivity contribution in [2.45, 2.75) is 25.7 Å². The highest BCUT2D eigenvalue weighted by Crippen LogP contribution is 2.29. The molecule has 0 bridgehead atoms. The molecule has 0 spiro atoms. The number of hydrogen-bond donors (Lipinski definition) is 2. The van der Waals surface area contributed by atoms with Gasteiger partial charge in [-0.2, -0.15) is 0 Å². The minimum Gasteiger partial charge on any atom is -0.480 e. The van der Waals surface area contributed by atoms with Crippen molar-refractivity contribution in [1.29, 1.82) is 0 Å². The first-order valence-electron chi connectivity index (χ1n) is 12.2. The fourth-order valence-electron chi connectivity index (χ4n) is 4.36. The molecule has 0 radical (unpaired) electrons. The lowest BCUT2D eigenvalue weighted by molar-refractivity contribution is 0.102. The highest BCUT2D eigenvalue weighted by Gasteiger charge is 2.24. The normalized spacial score (nSPS) is 14.3. The third kappa shape index (κ3) is 6.03. The van der Waals surface area contributed by atoms with Crippen molar-refractivity contribution in [1.82, 2.24) is 9.88 Å². The van der Waals surface area contributed by atoms with E-state index in [0.717, 1.165) is 49.5 Å². The number of para-hydroxylation sites is 1. The standard InChI is InChI=1S/C27H33N5O4S/c1-5-31-13-15-32(16-14-31)23-11-9-21(10-12-23)26(33)29-22-17-24(27(36-4)28-18-22)37(34,35)30-25-19(2)7-6-8-20(25)3/h6-12,17-18,30H,5,13-16H2,1-4H3,(H,29,33). The molecule has 2 N–H and O–H groups in total. The molecule has 2 aromatic carbocycles. The number of piperazine rings is 1. The number of amides is 1. The average Bonchev–Trinajstić information content (AvgIpc) is 2.91. The van der Waals surface area contributed by atoms with Crippen molar-refractivity contribution in [3.05, 3.63) is 71.4 Å². The number of carbonyl (C=O) groups is 1. The van der Waals surface area contributed by atoms with Crippen LogP contribution in [0.5, 0.6) is 5.88 Å². The van der Waals surface area contributed by atoms with E-state index in [1.807, 2.05) is 44.2 Å². The fraction of sp³-hybridized carbons (Fsp3) is 0.333. The summed E-state index contributed by atoms with van der Waals surface area (Å²) in [4.78, 5) is 21.6. The zero-order valence-corrected chi connectivity index (χ0v) is 22.4. The summed E-state index contributed by atoms with van der Waals surface area (Å²) in [7, 11) is -2.70. The van der Waals surface area contributed by atoms with Crippen LogP contribution in [0.3, 0.4) is 0 Å². The summed E-state index contributed by atoms with van der Waals surface area (Å²) in [5, 5.41) is 2.75. The Labute approximate surface area is 218 Å². The minimum atomic E-state index is -4.05. The second-order valence-electron chi connectivity index (χ2n) is 9.03. The molecular weight excluding hydrogens is 490 g/mol. The van der Waals surface area contributed by atoms with Gasteiger partial charge in [-0.05, 0) is 61.9 Å². The van der Waals surface area contributed by atoms with Crippen LogP contribution in [-0.2, 0) is 10.0 Å². The molecule has 196 valence electrons. The fourth-order valence-corrected chi connectivity index (χ4v) is 5.71. The number of methoxy groups -OCH3 is 1. The monoisotopic (exact) mass is 523 g/mol. The third-order valence-electron chi connectivity index (χ3n) is 6.59. The third-order valence-corrected chi connectivity index (χ3v) is 7.94. The molecule has 1 saturated heterocycles. The Morgan fingerprint density at radius 2 is 1.68 bits per heavy atom. The quantitative estimate of drug-likeness (QED) is 0.462. The first kappa shape index (κ1) is 26.4. The van der Waals surface area contributed by atoms with Gasteiger partial charge in [0.2, 0.25) is 5.88 Å². The molecule has 1 aliphatic rings. The van der Waals surface area contributed by atoms with Crippen LogP contribution < -0.4 is 19.7 Å².